The van der Waals surface area contributed by atoms with Crippen LogP contribution in [-0.2, 0) is 4.79 Å². The molecular formula is C13H20O. The van der Waals surface area contributed by atoms with E-state index in [-0.39, 0.29) is 0 Å². The standard InChI is InChI=1S/C13H20O/c1-12(14)8-4-2-5-9-13-10-6-3-7-11-13/h6,10-11H,2-5,7-9H2,1H3. The number of unbranched alkanes of at least 4 members (excludes halogenated alkanes) is 2. The number of Topliss-reactive ketones (excluding diaryl/α,β-unsaturated/α-hetero) is 1. The van der Waals surface area contributed by atoms with Crippen molar-refractivity contribution in [2.45, 2.75) is 51.9 Å². The Hall–Kier alpha value is -0.850. The van der Waals surface area contributed by atoms with Gasteiger partial charge in [-0.2, -0.15) is 0 Å². The molecule has 0 aromatic heterocycles. The molecule has 0 aromatic carbocycles. The second-order valence-electron chi connectivity index (χ2n) is 4.02. The molecule has 1 nitrogen and oxygen atoms in total. The molecule has 0 aliphatic heterocycles. The Bertz CT molecular complexity index is 236. The van der Waals surface area contributed by atoms with Crippen LogP contribution in [0.3, 0.4) is 0 Å². The van der Waals surface area contributed by atoms with Crippen LogP contribution < -0.4 is 0 Å². The molecule has 0 aromatic rings. The fourth-order valence-electron chi connectivity index (χ4n) is 1.73. The quantitative estimate of drug-likeness (QED) is 0.585. The van der Waals surface area contributed by atoms with Gasteiger partial charge in [0.25, 0.3) is 0 Å². The summed E-state index contributed by atoms with van der Waals surface area (Å²) in [7, 11) is 0. The Morgan fingerprint density at radius 2 is 2.14 bits per heavy atom. The van der Waals surface area contributed by atoms with E-state index in [9.17, 15) is 4.79 Å². The van der Waals surface area contributed by atoms with Crippen molar-refractivity contribution in [3.63, 3.8) is 0 Å². The van der Waals surface area contributed by atoms with Crippen LogP contribution in [0, 0.1) is 0 Å². The number of carbonyl (C=O) groups is 1. The molecule has 0 saturated heterocycles. The smallest absolute Gasteiger partial charge is 0.129 e. The number of rotatable bonds is 6. The molecule has 0 heterocycles. The molecule has 0 atom stereocenters. The third-order valence-electron chi connectivity index (χ3n) is 2.57. The van der Waals surface area contributed by atoms with E-state index in [1.54, 1.807) is 6.92 Å². The van der Waals surface area contributed by atoms with Crippen molar-refractivity contribution in [3.05, 3.63) is 23.8 Å². The molecule has 1 aliphatic rings. The summed E-state index contributed by atoms with van der Waals surface area (Å²) in [6.45, 7) is 1.67. The topological polar surface area (TPSA) is 17.1 Å². The molecule has 14 heavy (non-hydrogen) atoms. The van der Waals surface area contributed by atoms with Gasteiger partial charge in [0.2, 0.25) is 0 Å². The first kappa shape index (κ1) is 11.2. The highest BCUT2D eigenvalue weighted by atomic mass is 16.1. The van der Waals surface area contributed by atoms with E-state index in [0.717, 1.165) is 12.8 Å². The van der Waals surface area contributed by atoms with Crippen molar-refractivity contribution in [3.8, 4) is 0 Å². The fraction of sp³-hybridized carbons (Fsp3) is 0.615. The van der Waals surface area contributed by atoms with Gasteiger partial charge in [-0.25, -0.2) is 0 Å². The molecule has 0 unspecified atom stereocenters. The van der Waals surface area contributed by atoms with Crippen LogP contribution >= 0.6 is 0 Å². The van der Waals surface area contributed by atoms with Crippen LogP contribution in [0.5, 0.6) is 0 Å². The van der Waals surface area contributed by atoms with Crippen LogP contribution in [0.25, 0.3) is 0 Å². The summed E-state index contributed by atoms with van der Waals surface area (Å²) in [5.41, 5.74) is 1.49. The van der Waals surface area contributed by atoms with Gasteiger partial charge < -0.3 is 4.79 Å². The normalized spacial score (nSPS) is 15.4. The summed E-state index contributed by atoms with van der Waals surface area (Å²) >= 11 is 0. The Morgan fingerprint density at radius 3 is 2.79 bits per heavy atom. The third-order valence-corrected chi connectivity index (χ3v) is 2.57. The van der Waals surface area contributed by atoms with E-state index >= 15 is 0 Å². The van der Waals surface area contributed by atoms with Gasteiger partial charge in [-0.05, 0) is 39.0 Å². The minimum absolute atomic E-state index is 0.321. The lowest BCUT2D eigenvalue weighted by Crippen LogP contribution is -1.90. The molecule has 0 N–H and O–H groups in total. The van der Waals surface area contributed by atoms with E-state index in [0.29, 0.717) is 5.78 Å². The largest absolute Gasteiger partial charge is 0.300 e. The highest BCUT2D eigenvalue weighted by Gasteiger charge is 1.98. The van der Waals surface area contributed by atoms with Crippen molar-refractivity contribution in [1.82, 2.24) is 0 Å². The molecule has 0 spiro atoms. The van der Waals surface area contributed by atoms with Crippen LogP contribution in [0.4, 0.5) is 0 Å². The van der Waals surface area contributed by atoms with Crippen molar-refractivity contribution in [1.29, 1.82) is 0 Å². The molecule has 0 bridgehead atoms. The van der Waals surface area contributed by atoms with E-state index in [4.69, 9.17) is 0 Å². The Balaban J connectivity index is 2.01. The van der Waals surface area contributed by atoms with Gasteiger partial charge in [-0.1, -0.05) is 30.2 Å². The zero-order chi connectivity index (χ0) is 10.2. The number of allylic oxidation sites excluding steroid dienone is 4. The molecule has 1 aliphatic carbocycles. The monoisotopic (exact) mass is 192 g/mol. The second kappa shape index (κ2) is 6.58. The summed E-state index contributed by atoms with van der Waals surface area (Å²) < 4.78 is 0. The SMILES string of the molecule is CC(=O)CCCCCC1=CCCC=C1. The Kier molecular flexibility index (Phi) is 5.28. The van der Waals surface area contributed by atoms with Crippen LogP contribution in [-0.4, -0.2) is 5.78 Å². The lowest BCUT2D eigenvalue weighted by molar-refractivity contribution is -0.117. The Morgan fingerprint density at radius 1 is 1.29 bits per heavy atom. The molecule has 0 saturated carbocycles. The summed E-state index contributed by atoms with van der Waals surface area (Å²) in [4.78, 5) is 10.7. The van der Waals surface area contributed by atoms with E-state index < -0.39 is 0 Å². The summed E-state index contributed by atoms with van der Waals surface area (Å²) in [6, 6.07) is 0. The molecular weight excluding hydrogens is 172 g/mol. The minimum Gasteiger partial charge on any atom is -0.300 e. The van der Waals surface area contributed by atoms with Crippen molar-refractivity contribution in [2.75, 3.05) is 0 Å². The maximum absolute atomic E-state index is 10.7. The van der Waals surface area contributed by atoms with Crippen LogP contribution in [0.1, 0.15) is 51.9 Å². The summed E-state index contributed by atoms with van der Waals surface area (Å²) in [5.74, 6) is 0.321. The van der Waals surface area contributed by atoms with Gasteiger partial charge >= 0.3 is 0 Å². The highest BCUT2D eigenvalue weighted by Crippen LogP contribution is 2.16. The highest BCUT2D eigenvalue weighted by molar-refractivity contribution is 5.75. The van der Waals surface area contributed by atoms with Crippen molar-refractivity contribution >= 4 is 5.78 Å². The van der Waals surface area contributed by atoms with Gasteiger partial charge in [-0.3, -0.25) is 0 Å². The zero-order valence-corrected chi connectivity index (χ0v) is 9.09. The Labute approximate surface area is 86.9 Å². The summed E-state index contributed by atoms with van der Waals surface area (Å²) in [6.07, 6.45) is 14.7. The maximum atomic E-state index is 10.7. The predicted octanol–water partition coefficient (Wildman–Crippen LogP) is 3.80. The zero-order valence-electron chi connectivity index (χ0n) is 9.09. The number of hydrogen-bond donors (Lipinski definition) is 0. The molecule has 0 fully saturated rings. The molecule has 1 rings (SSSR count). The van der Waals surface area contributed by atoms with Crippen LogP contribution in [0.2, 0.25) is 0 Å². The van der Waals surface area contributed by atoms with Crippen LogP contribution in [0.15, 0.2) is 23.8 Å². The maximum Gasteiger partial charge on any atom is 0.129 e. The number of carbonyl (C=O) groups excluding carboxylic acids is 1. The fourth-order valence-corrected chi connectivity index (χ4v) is 1.73. The third kappa shape index (κ3) is 5.00. The first-order valence-electron chi connectivity index (χ1n) is 5.64. The molecule has 1 heteroatoms. The predicted molar refractivity (Wildman–Crippen MR) is 60.2 cm³/mol. The molecule has 0 radical (unpaired) electrons. The second-order valence-corrected chi connectivity index (χ2v) is 4.02. The minimum atomic E-state index is 0.321. The first-order valence-corrected chi connectivity index (χ1v) is 5.64. The number of ketones is 1. The average molecular weight is 192 g/mol. The average Bonchev–Trinajstić information content (AvgIpc) is 2.18. The van der Waals surface area contributed by atoms with Gasteiger partial charge in [0.15, 0.2) is 0 Å². The first-order chi connectivity index (χ1) is 6.79. The lowest BCUT2D eigenvalue weighted by Gasteiger charge is -2.06. The van der Waals surface area contributed by atoms with Crippen molar-refractivity contribution < 1.29 is 4.79 Å². The van der Waals surface area contributed by atoms with Crippen molar-refractivity contribution in [2.24, 2.45) is 0 Å². The van der Waals surface area contributed by atoms with E-state index in [2.05, 4.69) is 18.2 Å². The van der Waals surface area contributed by atoms with Gasteiger partial charge in [0.05, 0.1) is 0 Å². The van der Waals surface area contributed by atoms with E-state index in [1.165, 1.54) is 37.7 Å². The van der Waals surface area contributed by atoms with E-state index in [1.807, 2.05) is 0 Å². The van der Waals surface area contributed by atoms with Gasteiger partial charge in [-0.15, -0.1) is 0 Å². The molecule has 0 amide bonds. The lowest BCUT2D eigenvalue weighted by atomic mass is 10.0. The van der Waals surface area contributed by atoms with Gasteiger partial charge in [0, 0.05) is 6.42 Å². The molecule has 78 valence electrons. The number of hydrogen-bond acceptors (Lipinski definition) is 1. The van der Waals surface area contributed by atoms with Gasteiger partial charge in [0.1, 0.15) is 5.78 Å². The summed E-state index contributed by atoms with van der Waals surface area (Å²) in [5, 5.41) is 0.